The summed E-state index contributed by atoms with van der Waals surface area (Å²) in [6.07, 6.45) is 1.52. The number of ketones is 1. The highest BCUT2D eigenvalue weighted by Crippen LogP contribution is 2.41. The lowest BCUT2D eigenvalue weighted by Crippen LogP contribution is -2.43. The van der Waals surface area contributed by atoms with E-state index in [4.69, 9.17) is 13.9 Å². The van der Waals surface area contributed by atoms with Gasteiger partial charge < -0.3 is 18.8 Å². The summed E-state index contributed by atoms with van der Waals surface area (Å²) in [4.78, 5) is 38.2. The molecule has 1 aromatic heterocycles. The first-order chi connectivity index (χ1) is 13.0. The van der Waals surface area contributed by atoms with Crippen LogP contribution in [0.5, 0.6) is 5.75 Å². The molecular formula is C19H19NO6S. The van der Waals surface area contributed by atoms with Crippen LogP contribution in [0.25, 0.3) is 0 Å². The Kier molecular flexibility index (Phi) is 5.85. The van der Waals surface area contributed by atoms with Gasteiger partial charge in [-0.1, -0.05) is 0 Å². The van der Waals surface area contributed by atoms with E-state index in [0.29, 0.717) is 22.8 Å². The zero-order chi connectivity index (χ0) is 19.4. The molecule has 1 aliphatic heterocycles. The Morgan fingerprint density at radius 1 is 1.22 bits per heavy atom. The van der Waals surface area contributed by atoms with Crippen molar-refractivity contribution >= 4 is 29.4 Å². The molecule has 2 aromatic rings. The van der Waals surface area contributed by atoms with E-state index in [2.05, 4.69) is 0 Å². The minimum absolute atomic E-state index is 0.259. The third-order valence-corrected chi connectivity index (χ3v) is 5.46. The maximum Gasteiger partial charge on any atom is 0.330 e. The van der Waals surface area contributed by atoms with Crippen molar-refractivity contribution in [2.24, 2.45) is 0 Å². The minimum atomic E-state index is -0.758. The molecule has 7 nitrogen and oxygen atoms in total. The Bertz CT molecular complexity index is 817. The van der Waals surface area contributed by atoms with Crippen LogP contribution in [0.4, 0.5) is 0 Å². The average molecular weight is 389 g/mol. The van der Waals surface area contributed by atoms with Gasteiger partial charge in [0.1, 0.15) is 22.9 Å². The lowest BCUT2D eigenvalue weighted by molar-refractivity contribution is -0.152. The number of rotatable bonds is 6. The summed E-state index contributed by atoms with van der Waals surface area (Å²) in [5.74, 6) is 0.417. The van der Waals surface area contributed by atoms with E-state index >= 15 is 0 Å². The second kappa shape index (κ2) is 8.30. The van der Waals surface area contributed by atoms with Crippen LogP contribution < -0.4 is 4.74 Å². The summed E-state index contributed by atoms with van der Waals surface area (Å²) in [5.41, 5.74) is 0.418. The van der Waals surface area contributed by atoms with Gasteiger partial charge in [0.15, 0.2) is 12.4 Å². The highest BCUT2D eigenvalue weighted by atomic mass is 32.2. The fourth-order valence-electron chi connectivity index (χ4n) is 2.82. The summed E-state index contributed by atoms with van der Waals surface area (Å²) in [5, 5.41) is -0.382. The molecule has 0 saturated carbocycles. The summed E-state index contributed by atoms with van der Waals surface area (Å²) in [6, 6.07) is 9.26. The first kappa shape index (κ1) is 19.0. The van der Waals surface area contributed by atoms with Crippen LogP contribution >= 0.6 is 11.8 Å². The van der Waals surface area contributed by atoms with Crippen molar-refractivity contribution in [1.82, 2.24) is 4.90 Å². The molecule has 142 valence electrons. The molecule has 1 aliphatic rings. The van der Waals surface area contributed by atoms with Crippen LogP contribution in [0.1, 0.15) is 28.4 Å². The van der Waals surface area contributed by atoms with E-state index in [9.17, 15) is 14.4 Å². The van der Waals surface area contributed by atoms with Crippen molar-refractivity contribution in [3.63, 3.8) is 0 Å². The number of carbonyl (C=O) groups is 3. The fourth-order valence-corrected chi connectivity index (χ4v) is 4.23. The topological polar surface area (TPSA) is 86.1 Å². The molecule has 0 unspecified atom stereocenters. The summed E-state index contributed by atoms with van der Waals surface area (Å²) >= 11 is 1.42. The zero-order valence-electron chi connectivity index (χ0n) is 14.9. The Hall–Kier alpha value is -2.74. The van der Waals surface area contributed by atoms with Crippen molar-refractivity contribution in [2.75, 3.05) is 19.5 Å². The van der Waals surface area contributed by atoms with Gasteiger partial charge in [0.05, 0.1) is 13.4 Å². The second-order valence-electron chi connectivity index (χ2n) is 5.90. The Morgan fingerprint density at radius 2 is 1.96 bits per heavy atom. The molecule has 0 aliphatic carbocycles. The van der Waals surface area contributed by atoms with E-state index in [1.165, 1.54) is 37.0 Å². The Labute approximate surface area is 160 Å². The van der Waals surface area contributed by atoms with Gasteiger partial charge in [0.25, 0.3) is 0 Å². The molecule has 1 saturated heterocycles. The van der Waals surface area contributed by atoms with Crippen LogP contribution in [0.3, 0.4) is 0 Å². The van der Waals surface area contributed by atoms with E-state index in [1.54, 1.807) is 36.4 Å². The predicted octanol–water partition coefficient (Wildman–Crippen LogP) is 2.68. The number of nitrogens with zero attached hydrogens (tertiary/aromatic N) is 1. The van der Waals surface area contributed by atoms with Crippen LogP contribution in [-0.2, 0) is 14.3 Å². The van der Waals surface area contributed by atoms with Gasteiger partial charge in [-0.25, -0.2) is 4.79 Å². The van der Waals surface area contributed by atoms with Crippen LogP contribution in [0.2, 0.25) is 0 Å². The summed E-state index contributed by atoms with van der Waals surface area (Å²) in [6.45, 7) is 1.01. The molecular weight excluding hydrogens is 370 g/mol. The molecule has 0 N–H and O–H groups in total. The van der Waals surface area contributed by atoms with E-state index in [-0.39, 0.29) is 23.7 Å². The van der Waals surface area contributed by atoms with Crippen LogP contribution in [-0.4, -0.2) is 48.1 Å². The number of esters is 1. The van der Waals surface area contributed by atoms with E-state index < -0.39 is 12.0 Å². The van der Waals surface area contributed by atoms with Gasteiger partial charge in [-0.15, -0.1) is 11.8 Å². The fraction of sp³-hybridized carbons (Fsp3) is 0.316. The Balaban J connectivity index is 1.63. The van der Waals surface area contributed by atoms with E-state index in [1.807, 2.05) is 0 Å². The number of hydrogen-bond donors (Lipinski definition) is 0. The highest BCUT2D eigenvalue weighted by Gasteiger charge is 2.43. The molecule has 8 heteroatoms. The van der Waals surface area contributed by atoms with Gasteiger partial charge in [-0.3, -0.25) is 9.59 Å². The monoisotopic (exact) mass is 389 g/mol. The summed E-state index contributed by atoms with van der Waals surface area (Å²) < 4.78 is 15.6. The molecule has 0 spiro atoms. The molecule has 2 atom stereocenters. The smallest absolute Gasteiger partial charge is 0.330 e. The largest absolute Gasteiger partial charge is 0.497 e. The molecule has 3 rings (SSSR count). The number of carbonyl (C=O) groups excluding carboxylic acids is 3. The third-order valence-electron chi connectivity index (χ3n) is 4.18. The van der Waals surface area contributed by atoms with E-state index in [0.717, 1.165) is 0 Å². The van der Waals surface area contributed by atoms with Gasteiger partial charge in [-0.05, 0) is 36.4 Å². The number of benzene rings is 1. The number of amides is 1. The third kappa shape index (κ3) is 4.16. The first-order valence-corrected chi connectivity index (χ1v) is 9.34. The number of ether oxygens (including phenoxy) is 2. The lowest BCUT2D eigenvalue weighted by atomic mass is 10.1. The average Bonchev–Trinajstić information content (AvgIpc) is 3.35. The van der Waals surface area contributed by atoms with Crippen LogP contribution in [0.15, 0.2) is 47.1 Å². The van der Waals surface area contributed by atoms with Crippen molar-refractivity contribution in [3.05, 3.63) is 54.0 Å². The predicted molar refractivity (Wildman–Crippen MR) is 98.5 cm³/mol. The molecule has 0 bridgehead atoms. The summed E-state index contributed by atoms with van der Waals surface area (Å²) in [7, 11) is 1.54. The maximum absolute atomic E-state index is 12.5. The van der Waals surface area contributed by atoms with Crippen LogP contribution in [0, 0.1) is 0 Å². The molecule has 1 fully saturated rings. The van der Waals surface area contributed by atoms with Gasteiger partial charge in [-0.2, -0.15) is 0 Å². The molecule has 1 amide bonds. The zero-order valence-corrected chi connectivity index (χ0v) is 15.7. The standard InChI is InChI=1S/C19H19NO6S/c1-12(21)20-15(11-27-18(20)17-4-3-9-25-17)19(23)26-10-16(22)13-5-7-14(24-2)8-6-13/h3-9,15,18H,10-11H2,1-2H3/t15-,18+/m0/s1. The second-order valence-corrected chi connectivity index (χ2v) is 7.02. The number of thioether (sulfide) groups is 1. The SMILES string of the molecule is COc1ccc(C(=O)COC(=O)[C@@H]2CS[C@H](c3ccco3)N2C(C)=O)cc1. The van der Waals surface area contributed by atoms with Crippen molar-refractivity contribution in [2.45, 2.75) is 18.3 Å². The van der Waals surface area contributed by atoms with Crippen molar-refractivity contribution < 1.29 is 28.3 Å². The minimum Gasteiger partial charge on any atom is -0.497 e. The van der Waals surface area contributed by atoms with Gasteiger partial charge in [0, 0.05) is 18.2 Å². The molecule has 27 heavy (non-hydrogen) atoms. The number of Topliss-reactive ketones (excluding diaryl/α,β-unsaturated/α-hetero) is 1. The normalized spacial score (nSPS) is 19.0. The Morgan fingerprint density at radius 3 is 2.56 bits per heavy atom. The lowest BCUT2D eigenvalue weighted by Gasteiger charge is -2.25. The maximum atomic E-state index is 12.5. The highest BCUT2D eigenvalue weighted by molar-refractivity contribution is 7.99. The number of furan rings is 1. The molecule has 2 heterocycles. The van der Waals surface area contributed by atoms with Crippen molar-refractivity contribution in [3.8, 4) is 5.75 Å². The molecule has 1 aromatic carbocycles. The van der Waals surface area contributed by atoms with Gasteiger partial charge >= 0.3 is 5.97 Å². The quantitative estimate of drug-likeness (QED) is 0.554. The number of hydrogen-bond acceptors (Lipinski definition) is 7. The molecule has 0 radical (unpaired) electrons. The van der Waals surface area contributed by atoms with Crippen molar-refractivity contribution in [1.29, 1.82) is 0 Å². The number of methoxy groups -OCH3 is 1. The van der Waals surface area contributed by atoms with Gasteiger partial charge in [0.2, 0.25) is 5.91 Å². The first-order valence-electron chi connectivity index (χ1n) is 8.29.